The van der Waals surface area contributed by atoms with Gasteiger partial charge >= 0.3 is 0 Å². The largest absolute Gasteiger partial charge is 0.314 e. The molecule has 1 fully saturated rings. The Morgan fingerprint density at radius 1 is 1.43 bits per heavy atom. The number of halogens is 2. The molecular weight excluding hydrogens is 201 g/mol. The average molecular weight is 214 g/mol. The van der Waals surface area contributed by atoms with Crippen LogP contribution in [0.3, 0.4) is 0 Å². The van der Waals surface area contributed by atoms with Crippen molar-refractivity contribution in [2.24, 2.45) is 0 Å². The molecule has 0 unspecified atom stereocenters. The van der Waals surface area contributed by atoms with Crippen LogP contribution in [0.1, 0.15) is 18.4 Å². The van der Waals surface area contributed by atoms with Gasteiger partial charge in [-0.2, -0.15) is 0 Å². The van der Waals surface area contributed by atoms with E-state index in [-0.39, 0.29) is 5.82 Å². The molecule has 1 aliphatic rings. The summed E-state index contributed by atoms with van der Waals surface area (Å²) in [7, 11) is 0. The third kappa shape index (κ3) is 2.69. The van der Waals surface area contributed by atoms with Crippen molar-refractivity contribution < 1.29 is 4.39 Å². The maximum absolute atomic E-state index is 13.2. The van der Waals surface area contributed by atoms with E-state index in [2.05, 4.69) is 5.32 Å². The Hall–Kier alpha value is -0.600. The summed E-state index contributed by atoms with van der Waals surface area (Å²) in [4.78, 5) is 0. The molecule has 76 valence electrons. The predicted octanol–water partition coefficient (Wildman–Crippen LogP) is 2.77. The van der Waals surface area contributed by atoms with E-state index in [1.807, 2.05) is 0 Å². The Morgan fingerprint density at radius 2 is 2.21 bits per heavy atom. The van der Waals surface area contributed by atoms with Gasteiger partial charge in [-0.1, -0.05) is 11.6 Å². The third-order valence-electron chi connectivity index (χ3n) is 2.41. The topological polar surface area (TPSA) is 12.0 Å². The van der Waals surface area contributed by atoms with Gasteiger partial charge in [-0.15, -0.1) is 0 Å². The molecule has 0 heterocycles. The van der Waals surface area contributed by atoms with Crippen molar-refractivity contribution in [3.05, 3.63) is 34.6 Å². The van der Waals surface area contributed by atoms with Crippen molar-refractivity contribution in [3.8, 4) is 0 Å². The summed E-state index contributed by atoms with van der Waals surface area (Å²) in [5, 5.41) is 3.95. The van der Waals surface area contributed by atoms with Crippen LogP contribution in [0.2, 0.25) is 5.02 Å². The van der Waals surface area contributed by atoms with Gasteiger partial charge in [0, 0.05) is 11.1 Å². The third-order valence-corrected chi connectivity index (χ3v) is 2.65. The molecule has 1 aromatic rings. The fourth-order valence-corrected chi connectivity index (χ4v) is 1.63. The Labute approximate surface area is 88.3 Å². The van der Waals surface area contributed by atoms with Crippen LogP contribution < -0.4 is 5.32 Å². The van der Waals surface area contributed by atoms with Gasteiger partial charge in [-0.05, 0) is 49.6 Å². The second-order valence-corrected chi connectivity index (χ2v) is 4.15. The van der Waals surface area contributed by atoms with Crippen LogP contribution in [0.15, 0.2) is 18.2 Å². The summed E-state index contributed by atoms with van der Waals surface area (Å²) in [6.07, 6.45) is 3.24. The number of hydrogen-bond donors (Lipinski definition) is 1. The first-order valence-electron chi connectivity index (χ1n) is 4.93. The van der Waals surface area contributed by atoms with E-state index in [9.17, 15) is 4.39 Å². The zero-order chi connectivity index (χ0) is 9.97. The molecule has 0 radical (unpaired) electrons. The summed E-state index contributed by atoms with van der Waals surface area (Å²) < 4.78 is 13.2. The van der Waals surface area contributed by atoms with Gasteiger partial charge in [0.05, 0.1) is 0 Å². The maximum Gasteiger partial charge on any atom is 0.126 e. The van der Waals surface area contributed by atoms with Gasteiger partial charge in [0.1, 0.15) is 5.82 Å². The van der Waals surface area contributed by atoms with Crippen LogP contribution >= 0.6 is 11.6 Å². The van der Waals surface area contributed by atoms with Gasteiger partial charge in [0.25, 0.3) is 0 Å². The van der Waals surface area contributed by atoms with Gasteiger partial charge in [0.2, 0.25) is 0 Å². The van der Waals surface area contributed by atoms with Gasteiger partial charge < -0.3 is 5.32 Å². The smallest absolute Gasteiger partial charge is 0.126 e. The van der Waals surface area contributed by atoms with Crippen LogP contribution in [-0.2, 0) is 6.42 Å². The summed E-state index contributed by atoms with van der Waals surface area (Å²) >= 11 is 5.78. The van der Waals surface area contributed by atoms with Crippen molar-refractivity contribution in [2.75, 3.05) is 6.54 Å². The van der Waals surface area contributed by atoms with Crippen molar-refractivity contribution in [1.29, 1.82) is 0 Å². The SMILES string of the molecule is Fc1ccc(Cl)cc1CCNC1CC1. The Balaban J connectivity index is 1.89. The second-order valence-electron chi connectivity index (χ2n) is 3.71. The monoisotopic (exact) mass is 213 g/mol. The first kappa shape index (κ1) is 9.94. The maximum atomic E-state index is 13.2. The zero-order valence-electron chi connectivity index (χ0n) is 7.89. The molecule has 2 rings (SSSR count). The zero-order valence-corrected chi connectivity index (χ0v) is 8.65. The van der Waals surface area contributed by atoms with Gasteiger partial charge in [0.15, 0.2) is 0 Å². The fraction of sp³-hybridized carbons (Fsp3) is 0.455. The van der Waals surface area contributed by atoms with Crippen molar-refractivity contribution in [2.45, 2.75) is 25.3 Å². The molecule has 1 aliphatic carbocycles. The molecule has 14 heavy (non-hydrogen) atoms. The molecule has 1 N–H and O–H groups in total. The number of benzene rings is 1. The predicted molar refractivity (Wildman–Crippen MR) is 56.1 cm³/mol. The highest BCUT2D eigenvalue weighted by Gasteiger charge is 2.19. The summed E-state index contributed by atoms with van der Waals surface area (Å²) in [5.41, 5.74) is 0.700. The lowest BCUT2D eigenvalue weighted by molar-refractivity contribution is 0.597. The van der Waals surface area contributed by atoms with Crippen molar-refractivity contribution >= 4 is 11.6 Å². The number of rotatable bonds is 4. The lowest BCUT2D eigenvalue weighted by Gasteiger charge is -2.04. The van der Waals surface area contributed by atoms with Crippen LogP contribution in [0.25, 0.3) is 0 Å². The summed E-state index contributed by atoms with van der Waals surface area (Å²) in [5.74, 6) is -0.160. The highest BCUT2D eigenvalue weighted by molar-refractivity contribution is 6.30. The molecule has 0 amide bonds. The standard InChI is InChI=1S/C11H13ClFN/c12-9-1-4-11(13)8(7-9)5-6-14-10-2-3-10/h1,4,7,10,14H,2-3,5-6H2. The van der Waals surface area contributed by atoms with Crippen LogP contribution in [-0.4, -0.2) is 12.6 Å². The molecule has 1 saturated carbocycles. The van der Waals surface area contributed by atoms with E-state index in [1.165, 1.54) is 18.9 Å². The lowest BCUT2D eigenvalue weighted by atomic mass is 10.1. The molecule has 3 heteroatoms. The van der Waals surface area contributed by atoms with Crippen LogP contribution in [0.4, 0.5) is 4.39 Å². The van der Waals surface area contributed by atoms with E-state index in [0.717, 1.165) is 6.54 Å². The first-order valence-corrected chi connectivity index (χ1v) is 5.31. The minimum Gasteiger partial charge on any atom is -0.314 e. The van der Waals surface area contributed by atoms with Crippen molar-refractivity contribution in [3.63, 3.8) is 0 Å². The lowest BCUT2D eigenvalue weighted by Crippen LogP contribution is -2.19. The van der Waals surface area contributed by atoms with E-state index >= 15 is 0 Å². The quantitative estimate of drug-likeness (QED) is 0.811. The normalized spacial score (nSPS) is 15.9. The highest BCUT2D eigenvalue weighted by atomic mass is 35.5. The molecule has 0 atom stereocenters. The Kier molecular flexibility index (Phi) is 3.04. The van der Waals surface area contributed by atoms with Gasteiger partial charge in [-0.25, -0.2) is 4.39 Å². The Morgan fingerprint density at radius 3 is 2.93 bits per heavy atom. The molecule has 0 aromatic heterocycles. The van der Waals surface area contributed by atoms with E-state index < -0.39 is 0 Å². The molecule has 1 aromatic carbocycles. The van der Waals surface area contributed by atoms with E-state index in [0.29, 0.717) is 23.0 Å². The van der Waals surface area contributed by atoms with E-state index in [1.54, 1.807) is 12.1 Å². The summed E-state index contributed by atoms with van der Waals surface area (Å²) in [6.45, 7) is 0.835. The van der Waals surface area contributed by atoms with E-state index in [4.69, 9.17) is 11.6 Å². The molecule has 0 aliphatic heterocycles. The van der Waals surface area contributed by atoms with Crippen molar-refractivity contribution in [1.82, 2.24) is 5.32 Å². The summed E-state index contributed by atoms with van der Waals surface area (Å²) in [6, 6.07) is 5.38. The Bertz CT molecular complexity index is 323. The number of nitrogens with one attached hydrogen (secondary N) is 1. The first-order chi connectivity index (χ1) is 6.75. The van der Waals surface area contributed by atoms with Gasteiger partial charge in [-0.3, -0.25) is 0 Å². The molecule has 0 bridgehead atoms. The molecule has 0 spiro atoms. The minimum atomic E-state index is -0.160. The van der Waals surface area contributed by atoms with Crippen LogP contribution in [0.5, 0.6) is 0 Å². The minimum absolute atomic E-state index is 0.160. The fourth-order valence-electron chi connectivity index (χ4n) is 1.43. The molecular formula is C11H13ClFN. The average Bonchev–Trinajstić information content (AvgIpc) is 2.95. The second kappa shape index (κ2) is 4.28. The number of hydrogen-bond acceptors (Lipinski definition) is 1. The molecule has 0 saturated heterocycles. The highest BCUT2D eigenvalue weighted by Crippen LogP contribution is 2.19. The van der Waals surface area contributed by atoms with Crippen LogP contribution in [0, 0.1) is 5.82 Å². The molecule has 1 nitrogen and oxygen atoms in total.